The summed E-state index contributed by atoms with van der Waals surface area (Å²) in [6.07, 6.45) is 0. The van der Waals surface area contributed by atoms with Gasteiger partial charge >= 0.3 is 0 Å². The Kier molecular flexibility index (Phi) is 3.62. The van der Waals surface area contributed by atoms with Crippen molar-refractivity contribution < 1.29 is 9.59 Å². The van der Waals surface area contributed by atoms with Crippen LogP contribution < -0.4 is 16.0 Å². The molecule has 96 valence electrons. The summed E-state index contributed by atoms with van der Waals surface area (Å²) < 4.78 is 0. The zero-order chi connectivity index (χ0) is 13.1. The van der Waals surface area contributed by atoms with Crippen LogP contribution in [0.1, 0.15) is 18.4 Å². The normalized spacial score (nSPS) is 17.6. The minimum absolute atomic E-state index is 0.0692. The lowest BCUT2D eigenvalue weighted by atomic mass is 10.0. The predicted octanol–water partition coefficient (Wildman–Crippen LogP) is 0.212. The van der Waals surface area contributed by atoms with E-state index in [-0.39, 0.29) is 24.9 Å². The lowest BCUT2D eigenvalue weighted by Crippen LogP contribution is -2.51. The maximum Gasteiger partial charge on any atom is 0.246 e. The molecule has 0 saturated carbocycles. The van der Waals surface area contributed by atoms with Gasteiger partial charge in [-0.1, -0.05) is 19.1 Å². The predicted molar refractivity (Wildman–Crippen MR) is 69.3 cm³/mol. The zero-order valence-corrected chi connectivity index (χ0v) is 10.3. The van der Waals surface area contributed by atoms with Gasteiger partial charge in [0, 0.05) is 5.69 Å². The highest BCUT2D eigenvalue weighted by Crippen LogP contribution is 2.20. The van der Waals surface area contributed by atoms with E-state index in [1.165, 1.54) is 4.90 Å². The summed E-state index contributed by atoms with van der Waals surface area (Å²) in [5, 5.41) is 2.52. The highest BCUT2D eigenvalue weighted by atomic mass is 16.2. The average molecular weight is 247 g/mol. The molecular formula is C13H17N3O2. The third kappa shape index (κ3) is 2.51. The lowest BCUT2D eigenvalue weighted by Gasteiger charge is -2.27. The number of nitrogens with two attached hydrogens (primary N) is 1. The Morgan fingerprint density at radius 2 is 2.00 bits per heavy atom. The van der Waals surface area contributed by atoms with E-state index in [0.717, 1.165) is 11.3 Å². The van der Waals surface area contributed by atoms with E-state index in [0.29, 0.717) is 12.5 Å². The van der Waals surface area contributed by atoms with Crippen molar-refractivity contribution in [3.8, 4) is 0 Å². The van der Waals surface area contributed by atoms with Gasteiger partial charge in [0.15, 0.2) is 0 Å². The molecule has 1 unspecified atom stereocenters. The van der Waals surface area contributed by atoms with Crippen molar-refractivity contribution in [3.63, 3.8) is 0 Å². The molecule has 3 N–H and O–H groups in total. The Balaban J connectivity index is 2.18. The van der Waals surface area contributed by atoms with Gasteiger partial charge in [-0.2, -0.15) is 0 Å². The van der Waals surface area contributed by atoms with Crippen LogP contribution in [0.2, 0.25) is 0 Å². The number of anilines is 1. The summed E-state index contributed by atoms with van der Waals surface area (Å²) in [5.41, 5.74) is 7.49. The molecule has 1 aliphatic heterocycles. The summed E-state index contributed by atoms with van der Waals surface area (Å²) in [6.45, 7) is 2.79. The van der Waals surface area contributed by atoms with Gasteiger partial charge in [-0.3, -0.25) is 9.59 Å². The Labute approximate surface area is 106 Å². The first kappa shape index (κ1) is 12.6. The second-order valence-corrected chi connectivity index (χ2v) is 4.48. The Hall–Kier alpha value is -1.88. The fraction of sp³-hybridized carbons (Fsp3) is 0.385. The third-order valence-corrected chi connectivity index (χ3v) is 3.17. The molecule has 2 rings (SSSR count). The van der Waals surface area contributed by atoms with E-state index >= 15 is 0 Å². The van der Waals surface area contributed by atoms with Crippen LogP contribution in [0.25, 0.3) is 0 Å². The van der Waals surface area contributed by atoms with E-state index in [1.807, 2.05) is 24.3 Å². The summed E-state index contributed by atoms with van der Waals surface area (Å²) in [7, 11) is 0. The maximum atomic E-state index is 11.7. The minimum Gasteiger partial charge on any atom is -0.345 e. The number of benzene rings is 1. The van der Waals surface area contributed by atoms with Gasteiger partial charge in [0.05, 0.1) is 6.54 Å². The van der Waals surface area contributed by atoms with Crippen LogP contribution in [0.3, 0.4) is 0 Å². The molecule has 0 bridgehead atoms. The molecule has 1 fully saturated rings. The van der Waals surface area contributed by atoms with Crippen LogP contribution >= 0.6 is 0 Å². The monoisotopic (exact) mass is 247 g/mol. The van der Waals surface area contributed by atoms with Crippen molar-refractivity contribution in [2.24, 2.45) is 5.73 Å². The number of amides is 2. The van der Waals surface area contributed by atoms with Crippen LogP contribution in [0.4, 0.5) is 5.69 Å². The number of piperazine rings is 1. The molecular weight excluding hydrogens is 230 g/mol. The highest BCUT2D eigenvalue weighted by Gasteiger charge is 2.24. The van der Waals surface area contributed by atoms with E-state index in [2.05, 4.69) is 12.2 Å². The highest BCUT2D eigenvalue weighted by molar-refractivity contribution is 6.04. The van der Waals surface area contributed by atoms with E-state index < -0.39 is 0 Å². The molecule has 1 aromatic rings. The van der Waals surface area contributed by atoms with Crippen molar-refractivity contribution in [3.05, 3.63) is 29.8 Å². The van der Waals surface area contributed by atoms with Gasteiger partial charge in [0.1, 0.15) is 6.54 Å². The van der Waals surface area contributed by atoms with Crippen LogP contribution in [0.5, 0.6) is 0 Å². The first-order chi connectivity index (χ1) is 8.61. The molecule has 0 radical (unpaired) electrons. The minimum atomic E-state index is -0.131. The largest absolute Gasteiger partial charge is 0.345 e. The second kappa shape index (κ2) is 5.18. The number of hydrogen-bond acceptors (Lipinski definition) is 3. The first-order valence-electron chi connectivity index (χ1n) is 5.99. The van der Waals surface area contributed by atoms with Crippen LogP contribution in [-0.4, -0.2) is 31.4 Å². The zero-order valence-electron chi connectivity index (χ0n) is 10.3. The van der Waals surface area contributed by atoms with Gasteiger partial charge in [-0.05, 0) is 30.2 Å². The van der Waals surface area contributed by atoms with Crippen LogP contribution in [0.15, 0.2) is 24.3 Å². The van der Waals surface area contributed by atoms with E-state index in [4.69, 9.17) is 5.73 Å². The number of nitrogens with one attached hydrogen (secondary N) is 1. The SMILES string of the molecule is CC(CN)c1ccc(N2CC(=O)NCC2=O)cc1. The summed E-state index contributed by atoms with van der Waals surface area (Å²) in [6, 6.07) is 7.62. The Morgan fingerprint density at radius 1 is 1.33 bits per heavy atom. The van der Waals surface area contributed by atoms with Crippen molar-refractivity contribution in [1.82, 2.24) is 5.32 Å². The molecule has 5 nitrogen and oxygen atoms in total. The molecule has 5 heteroatoms. The van der Waals surface area contributed by atoms with Gasteiger partial charge in [-0.25, -0.2) is 0 Å². The number of carbonyl (C=O) groups is 2. The quantitative estimate of drug-likeness (QED) is 0.802. The topological polar surface area (TPSA) is 75.4 Å². The molecule has 1 aromatic carbocycles. The van der Waals surface area contributed by atoms with E-state index in [9.17, 15) is 9.59 Å². The Bertz CT molecular complexity index is 456. The number of hydrogen-bond donors (Lipinski definition) is 2. The molecule has 0 aliphatic carbocycles. The second-order valence-electron chi connectivity index (χ2n) is 4.48. The van der Waals surface area contributed by atoms with Crippen molar-refractivity contribution in [2.45, 2.75) is 12.8 Å². The standard InChI is InChI=1S/C13H17N3O2/c1-9(6-14)10-2-4-11(5-3-10)16-8-12(17)15-7-13(16)18/h2-5,9H,6-8,14H2,1H3,(H,15,17). The molecule has 18 heavy (non-hydrogen) atoms. The van der Waals surface area contributed by atoms with Gasteiger partial charge < -0.3 is 16.0 Å². The van der Waals surface area contributed by atoms with Crippen molar-refractivity contribution >= 4 is 17.5 Å². The average Bonchev–Trinajstić information content (AvgIpc) is 2.41. The number of nitrogens with zero attached hydrogens (tertiary/aromatic N) is 1. The molecule has 1 atom stereocenters. The Morgan fingerprint density at radius 3 is 2.61 bits per heavy atom. The molecule has 2 amide bonds. The first-order valence-corrected chi connectivity index (χ1v) is 5.99. The third-order valence-electron chi connectivity index (χ3n) is 3.17. The van der Waals surface area contributed by atoms with Gasteiger partial charge in [-0.15, -0.1) is 0 Å². The van der Waals surface area contributed by atoms with Gasteiger partial charge in [0.2, 0.25) is 11.8 Å². The smallest absolute Gasteiger partial charge is 0.246 e. The van der Waals surface area contributed by atoms with Crippen molar-refractivity contribution in [1.29, 1.82) is 0 Å². The molecule has 0 aromatic heterocycles. The maximum absolute atomic E-state index is 11.7. The molecule has 1 aliphatic rings. The summed E-state index contributed by atoms with van der Waals surface area (Å²) in [5.74, 6) is 0.0719. The van der Waals surface area contributed by atoms with E-state index in [1.54, 1.807) is 0 Å². The summed E-state index contributed by atoms with van der Waals surface area (Å²) in [4.78, 5) is 24.5. The molecule has 0 spiro atoms. The van der Waals surface area contributed by atoms with Gasteiger partial charge in [0.25, 0.3) is 0 Å². The van der Waals surface area contributed by atoms with Crippen molar-refractivity contribution in [2.75, 3.05) is 24.5 Å². The molecule has 1 heterocycles. The number of carbonyl (C=O) groups excluding carboxylic acids is 2. The van der Waals surface area contributed by atoms with Crippen LogP contribution in [-0.2, 0) is 9.59 Å². The number of rotatable bonds is 3. The van der Waals surface area contributed by atoms with Crippen LogP contribution in [0, 0.1) is 0 Å². The fourth-order valence-corrected chi connectivity index (χ4v) is 1.91. The fourth-order valence-electron chi connectivity index (χ4n) is 1.91. The molecule has 1 saturated heterocycles. The lowest BCUT2D eigenvalue weighted by molar-refractivity contribution is -0.128. The summed E-state index contributed by atoms with van der Waals surface area (Å²) >= 11 is 0.